The third-order valence-corrected chi connectivity index (χ3v) is 2.53. The molecule has 1 amide bonds. The van der Waals surface area contributed by atoms with E-state index in [-0.39, 0.29) is 0 Å². The number of carbonyl (C=O) groups excluding carboxylic acids is 1. The van der Waals surface area contributed by atoms with Crippen molar-refractivity contribution in [2.24, 2.45) is 11.5 Å². The number of nitrogens with zero attached hydrogens (tertiary/aromatic N) is 1. The molecule has 1 unspecified atom stereocenters. The summed E-state index contributed by atoms with van der Waals surface area (Å²) in [6.45, 7) is 4.78. The Morgan fingerprint density at radius 3 is 2.64 bits per heavy atom. The summed E-state index contributed by atoms with van der Waals surface area (Å²) in [7, 11) is 0. The molecular formula is C9H20N4O. The lowest BCUT2D eigenvalue weighted by Gasteiger charge is -2.15. The summed E-state index contributed by atoms with van der Waals surface area (Å²) in [5.74, 6) is -0.446. The lowest BCUT2D eigenvalue weighted by Crippen LogP contribution is -2.45. The first kappa shape index (κ1) is 11.4. The number of hydrogen-bond donors (Lipinski definition) is 3. The van der Waals surface area contributed by atoms with Gasteiger partial charge in [-0.25, -0.2) is 0 Å². The number of nitrogens with two attached hydrogens (primary N) is 2. The van der Waals surface area contributed by atoms with Gasteiger partial charge in [0, 0.05) is 19.6 Å². The highest BCUT2D eigenvalue weighted by molar-refractivity contribution is 5.79. The lowest BCUT2D eigenvalue weighted by atomic mass is 10.3. The number of carbonyl (C=O) groups is 1. The zero-order valence-corrected chi connectivity index (χ0v) is 8.54. The summed E-state index contributed by atoms with van der Waals surface area (Å²) in [6, 6.07) is -0.562. The van der Waals surface area contributed by atoms with Gasteiger partial charge >= 0.3 is 0 Å². The molecule has 0 spiro atoms. The summed E-state index contributed by atoms with van der Waals surface area (Å²) < 4.78 is 0. The number of likely N-dealkylation sites (tertiary alicyclic amines) is 1. The highest BCUT2D eigenvalue weighted by Crippen LogP contribution is 2.05. The predicted molar refractivity (Wildman–Crippen MR) is 55.7 cm³/mol. The molecule has 1 heterocycles. The van der Waals surface area contributed by atoms with E-state index >= 15 is 0 Å². The molecule has 0 aromatic carbocycles. The molecule has 0 saturated carbocycles. The van der Waals surface area contributed by atoms with Gasteiger partial charge in [0.25, 0.3) is 0 Å². The van der Waals surface area contributed by atoms with Crippen LogP contribution in [0.15, 0.2) is 0 Å². The van der Waals surface area contributed by atoms with Crippen LogP contribution in [0.25, 0.3) is 0 Å². The lowest BCUT2D eigenvalue weighted by molar-refractivity contribution is -0.119. The van der Waals surface area contributed by atoms with Gasteiger partial charge in [0.1, 0.15) is 0 Å². The quantitative estimate of drug-likeness (QED) is 0.455. The molecule has 1 aliphatic heterocycles. The van der Waals surface area contributed by atoms with Crippen LogP contribution < -0.4 is 16.8 Å². The third-order valence-electron chi connectivity index (χ3n) is 2.53. The number of primary amides is 1. The van der Waals surface area contributed by atoms with Gasteiger partial charge < -0.3 is 21.7 Å². The summed E-state index contributed by atoms with van der Waals surface area (Å²) >= 11 is 0. The first-order valence-electron chi connectivity index (χ1n) is 5.18. The van der Waals surface area contributed by atoms with E-state index in [9.17, 15) is 4.79 Å². The fraction of sp³-hybridized carbons (Fsp3) is 0.889. The molecule has 14 heavy (non-hydrogen) atoms. The second-order valence-electron chi connectivity index (χ2n) is 3.76. The van der Waals surface area contributed by atoms with E-state index in [0.717, 1.165) is 13.1 Å². The zero-order chi connectivity index (χ0) is 10.4. The SMILES string of the molecule is NC(=O)C(N)CNCCN1CCCC1. The average Bonchev–Trinajstić information content (AvgIpc) is 2.64. The van der Waals surface area contributed by atoms with Crippen LogP contribution in [0.5, 0.6) is 0 Å². The minimum Gasteiger partial charge on any atom is -0.368 e. The molecule has 1 rings (SSSR count). The third kappa shape index (κ3) is 4.04. The minimum atomic E-state index is -0.562. The highest BCUT2D eigenvalue weighted by atomic mass is 16.1. The molecule has 1 atom stereocenters. The highest BCUT2D eigenvalue weighted by Gasteiger charge is 2.11. The van der Waals surface area contributed by atoms with Crippen LogP contribution in [0.1, 0.15) is 12.8 Å². The predicted octanol–water partition coefficient (Wildman–Crippen LogP) is -1.52. The van der Waals surface area contributed by atoms with Crippen molar-refractivity contribution >= 4 is 5.91 Å². The van der Waals surface area contributed by atoms with Crippen molar-refractivity contribution < 1.29 is 4.79 Å². The number of nitrogens with one attached hydrogen (secondary N) is 1. The summed E-state index contributed by atoms with van der Waals surface area (Å²) in [6.07, 6.45) is 2.61. The van der Waals surface area contributed by atoms with Gasteiger partial charge in [0.05, 0.1) is 6.04 Å². The van der Waals surface area contributed by atoms with Crippen LogP contribution in [-0.4, -0.2) is 49.6 Å². The van der Waals surface area contributed by atoms with E-state index in [4.69, 9.17) is 11.5 Å². The van der Waals surface area contributed by atoms with E-state index in [1.165, 1.54) is 25.9 Å². The van der Waals surface area contributed by atoms with Gasteiger partial charge in [-0.2, -0.15) is 0 Å². The van der Waals surface area contributed by atoms with Crippen LogP contribution in [0, 0.1) is 0 Å². The molecule has 1 fully saturated rings. The Kier molecular flexibility index (Phi) is 4.86. The number of amides is 1. The van der Waals surface area contributed by atoms with Crippen LogP contribution >= 0.6 is 0 Å². The maximum Gasteiger partial charge on any atom is 0.235 e. The summed E-state index contributed by atoms with van der Waals surface area (Å²) in [5, 5.41) is 3.13. The molecule has 0 aliphatic carbocycles. The monoisotopic (exact) mass is 200 g/mol. The first-order valence-corrected chi connectivity index (χ1v) is 5.18. The van der Waals surface area contributed by atoms with Gasteiger partial charge in [-0.3, -0.25) is 4.79 Å². The Balaban J connectivity index is 1.95. The van der Waals surface area contributed by atoms with Crippen molar-refractivity contribution in [3.05, 3.63) is 0 Å². The second-order valence-corrected chi connectivity index (χ2v) is 3.76. The van der Waals surface area contributed by atoms with E-state index in [2.05, 4.69) is 10.2 Å². The number of rotatable bonds is 6. The van der Waals surface area contributed by atoms with E-state index < -0.39 is 11.9 Å². The van der Waals surface area contributed by atoms with E-state index in [1.54, 1.807) is 0 Å². The standard InChI is InChI=1S/C9H20N4O/c10-8(9(11)14)7-12-3-6-13-4-1-2-5-13/h8,12H,1-7,10H2,(H2,11,14). The van der Waals surface area contributed by atoms with Crippen molar-refractivity contribution in [3.63, 3.8) is 0 Å². The normalized spacial score (nSPS) is 19.8. The van der Waals surface area contributed by atoms with Gasteiger partial charge in [0.2, 0.25) is 5.91 Å². The van der Waals surface area contributed by atoms with Crippen LogP contribution in [0.3, 0.4) is 0 Å². The minimum absolute atomic E-state index is 0.446. The zero-order valence-electron chi connectivity index (χ0n) is 8.54. The van der Waals surface area contributed by atoms with Crippen molar-refractivity contribution in [1.29, 1.82) is 0 Å². The van der Waals surface area contributed by atoms with Crippen molar-refractivity contribution in [3.8, 4) is 0 Å². The smallest absolute Gasteiger partial charge is 0.235 e. The molecule has 1 aliphatic rings. The largest absolute Gasteiger partial charge is 0.368 e. The molecule has 0 radical (unpaired) electrons. The fourth-order valence-corrected chi connectivity index (χ4v) is 1.60. The van der Waals surface area contributed by atoms with E-state index in [1.807, 2.05) is 0 Å². The van der Waals surface area contributed by atoms with Crippen LogP contribution in [-0.2, 0) is 4.79 Å². The molecule has 0 bridgehead atoms. The van der Waals surface area contributed by atoms with E-state index in [0.29, 0.717) is 6.54 Å². The Labute approximate surface area is 84.8 Å². The first-order chi connectivity index (χ1) is 6.70. The number of hydrogen-bond acceptors (Lipinski definition) is 4. The maximum absolute atomic E-state index is 10.6. The van der Waals surface area contributed by atoms with Crippen LogP contribution in [0.4, 0.5) is 0 Å². The molecule has 5 nitrogen and oxygen atoms in total. The van der Waals surface area contributed by atoms with Gasteiger partial charge in [-0.15, -0.1) is 0 Å². The molecule has 5 heteroatoms. The molecule has 1 saturated heterocycles. The molecule has 0 aromatic rings. The Morgan fingerprint density at radius 1 is 1.43 bits per heavy atom. The fourth-order valence-electron chi connectivity index (χ4n) is 1.60. The second kappa shape index (κ2) is 5.95. The van der Waals surface area contributed by atoms with Crippen molar-refractivity contribution in [2.75, 3.05) is 32.7 Å². The maximum atomic E-state index is 10.6. The molecule has 5 N–H and O–H groups in total. The molecular weight excluding hydrogens is 180 g/mol. The molecule has 0 aromatic heterocycles. The molecule has 82 valence electrons. The Morgan fingerprint density at radius 2 is 2.07 bits per heavy atom. The Hall–Kier alpha value is -0.650. The van der Waals surface area contributed by atoms with Gasteiger partial charge in [-0.05, 0) is 25.9 Å². The van der Waals surface area contributed by atoms with Gasteiger partial charge in [0.15, 0.2) is 0 Å². The summed E-state index contributed by atoms with van der Waals surface area (Å²) in [5.41, 5.74) is 10.5. The van der Waals surface area contributed by atoms with Crippen molar-refractivity contribution in [2.45, 2.75) is 18.9 Å². The topological polar surface area (TPSA) is 84.4 Å². The van der Waals surface area contributed by atoms with Gasteiger partial charge in [-0.1, -0.05) is 0 Å². The average molecular weight is 200 g/mol. The Bertz CT molecular complexity index is 180. The van der Waals surface area contributed by atoms with Crippen molar-refractivity contribution in [1.82, 2.24) is 10.2 Å². The van der Waals surface area contributed by atoms with Crippen LogP contribution in [0.2, 0.25) is 0 Å². The summed E-state index contributed by atoms with van der Waals surface area (Å²) in [4.78, 5) is 13.0.